The van der Waals surface area contributed by atoms with Gasteiger partial charge >= 0.3 is 12.2 Å². The lowest BCUT2D eigenvalue weighted by Gasteiger charge is -2.14. The number of aromatic nitrogens is 3. The van der Waals surface area contributed by atoms with E-state index in [4.69, 9.17) is 9.56 Å². The maximum absolute atomic E-state index is 13.8. The minimum absolute atomic E-state index is 0.00379. The van der Waals surface area contributed by atoms with Gasteiger partial charge in [-0.05, 0) is 61.4 Å². The number of nitrogens with one attached hydrogen (secondary N) is 1. The molecule has 0 atom stereocenters. The van der Waals surface area contributed by atoms with Crippen molar-refractivity contribution in [1.82, 2.24) is 15.2 Å². The van der Waals surface area contributed by atoms with Crippen LogP contribution >= 0.6 is 0 Å². The van der Waals surface area contributed by atoms with Crippen LogP contribution in [-0.4, -0.2) is 35.9 Å². The zero-order chi connectivity index (χ0) is 22.4. The van der Waals surface area contributed by atoms with Crippen molar-refractivity contribution in [2.45, 2.75) is 38.3 Å². The van der Waals surface area contributed by atoms with Crippen LogP contribution in [0.3, 0.4) is 0 Å². The molecule has 166 valence electrons. The van der Waals surface area contributed by atoms with E-state index < -0.39 is 21.8 Å². The zero-order valence-electron chi connectivity index (χ0n) is 16.5. The van der Waals surface area contributed by atoms with Crippen molar-refractivity contribution >= 4 is 26.9 Å². The Morgan fingerprint density at radius 2 is 1.97 bits per heavy atom. The molecule has 2 heterocycles. The van der Waals surface area contributed by atoms with Crippen LogP contribution in [-0.2, 0) is 16.2 Å². The Kier molecular flexibility index (Phi) is 5.38. The first-order valence-electron chi connectivity index (χ1n) is 9.62. The predicted molar refractivity (Wildman–Crippen MR) is 108 cm³/mol. The molecule has 1 saturated carbocycles. The highest BCUT2D eigenvalue weighted by molar-refractivity contribution is 7.89. The smallest absolute Gasteiger partial charge is 0.402 e. The van der Waals surface area contributed by atoms with Crippen molar-refractivity contribution in [3.63, 3.8) is 0 Å². The van der Waals surface area contributed by atoms with Gasteiger partial charge in [0.1, 0.15) is 5.69 Å². The number of primary sulfonamides is 1. The lowest BCUT2D eigenvalue weighted by Crippen LogP contribution is -2.18. The summed E-state index contributed by atoms with van der Waals surface area (Å²) < 4.78 is 68.6. The Bertz CT molecular complexity index is 1240. The SMILES string of the molecule is Cc1cc(-c2nnc(NCCCS(N)(=O)=O)o2)nc2c(C(F)(F)F)cc(C3CC3)cc12. The largest absolute Gasteiger partial charge is 0.418 e. The van der Waals surface area contributed by atoms with Crippen LogP contribution < -0.4 is 10.5 Å². The van der Waals surface area contributed by atoms with Gasteiger partial charge in [0, 0.05) is 11.9 Å². The first-order chi connectivity index (χ1) is 14.5. The lowest BCUT2D eigenvalue weighted by molar-refractivity contribution is -0.136. The van der Waals surface area contributed by atoms with Gasteiger partial charge in [-0.2, -0.15) is 13.2 Å². The molecule has 0 spiro atoms. The van der Waals surface area contributed by atoms with Crippen LogP contribution in [0.2, 0.25) is 0 Å². The Balaban J connectivity index is 1.65. The summed E-state index contributed by atoms with van der Waals surface area (Å²) in [6.45, 7) is 1.93. The van der Waals surface area contributed by atoms with Crippen LogP contribution in [0.5, 0.6) is 0 Å². The quantitative estimate of drug-likeness (QED) is 0.522. The molecule has 31 heavy (non-hydrogen) atoms. The first-order valence-corrected chi connectivity index (χ1v) is 11.3. The van der Waals surface area contributed by atoms with Crippen molar-refractivity contribution in [3.8, 4) is 11.6 Å². The molecule has 0 aliphatic heterocycles. The molecule has 0 unspecified atom stereocenters. The summed E-state index contributed by atoms with van der Waals surface area (Å²) in [4.78, 5) is 4.20. The van der Waals surface area contributed by atoms with Gasteiger partial charge < -0.3 is 9.73 Å². The molecule has 3 N–H and O–H groups in total. The van der Waals surface area contributed by atoms with E-state index in [9.17, 15) is 21.6 Å². The van der Waals surface area contributed by atoms with Crippen molar-refractivity contribution in [3.05, 3.63) is 34.9 Å². The molecule has 1 aliphatic carbocycles. The van der Waals surface area contributed by atoms with E-state index in [0.717, 1.165) is 12.8 Å². The van der Waals surface area contributed by atoms with Crippen molar-refractivity contribution in [1.29, 1.82) is 0 Å². The van der Waals surface area contributed by atoms with E-state index in [2.05, 4.69) is 20.5 Å². The van der Waals surface area contributed by atoms with Crippen molar-refractivity contribution in [2.24, 2.45) is 5.14 Å². The van der Waals surface area contributed by atoms with E-state index in [1.165, 1.54) is 6.07 Å². The summed E-state index contributed by atoms with van der Waals surface area (Å²) in [6.07, 6.45) is -2.54. The van der Waals surface area contributed by atoms with Gasteiger partial charge in [-0.25, -0.2) is 18.5 Å². The van der Waals surface area contributed by atoms with Gasteiger partial charge in [-0.1, -0.05) is 5.10 Å². The average Bonchev–Trinajstić information content (AvgIpc) is 3.41. The van der Waals surface area contributed by atoms with E-state index in [1.807, 2.05) is 0 Å². The number of alkyl halides is 3. The highest BCUT2D eigenvalue weighted by Crippen LogP contribution is 2.45. The lowest BCUT2D eigenvalue weighted by atomic mass is 9.98. The number of hydrogen-bond donors (Lipinski definition) is 2. The third-order valence-corrected chi connectivity index (χ3v) is 5.88. The highest BCUT2D eigenvalue weighted by atomic mass is 32.2. The summed E-state index contributed by atoms with van der Waals surface area (Å²) >= 11 is 0. The fourth-order valence-corrected chi connectivity index (χ4v) is 3.90. The molecule has 1 fully saturated rings. The maximum Gasteiger partial charge on any atom is 0.418 e. The number of fused-ring (bicyclic) bond motifs is 1. The molecule has 0 radical (unpaired) electrons. The molecular weight excluding hydrogens is 435 g/mol. The molecule has 1 aromatic carbocycles. The van der Waals surface area contributed by atoms with Gasteiger partial charge in [-0.3, -0.25) is 0 Å². The maximum atomic E-state index is 13.8. The van der Waals surface area contributed by atoms with Gasteiger partial charge in [0.25, 0.3) is 5.89 Å². The molecule has 1 aliphatic rings. The third kappa shape index (κ3) is 4.96. The first kappa shape index (κ1) is 21.5. The number of hydrogen-bond acceptors (Lipinski definition) is 7. The monoisotopic (exact) mass is 455 g/mol. The Morgan fingerprint density at radius 1 is 1.23 bits per heavy atom. The summed E-state index contributed by atoms with van der Waals surface area (Å²) in [7, 11) is -3.57. The van der Waals surface area contributed by atoms with Crippen LogP contribution in [0.15, 0.2) is 22.6 Å². The summed E-state index contributed by atoms with van der Waals surface area (Å²) in [5, 5.41) is 15.8. The van der Waals surface area contributed by atoms with Crippen LogP contribution in [0.4, 0.5) is 19.2 Å². The van der Waals surface area contributed by atoms with Crippen molar-refractivity contribution in [2.75, 3.05) is 17.6 Å². The Hall–Kier alpha value is -2.73. The molecule has 2 aromatic heterocycles. The van der Waals surface area contributed by atoms with E-state index >= 15 is 0 Å². The molecule has 8 nitrogen and oxygen atoms in total. The average molecular weight is 455 g/mol. The molecule has 0 bridgehead atoms. The second-order valence-corrected chi connectivity index (χ2v) is 9.35. The van der Waals surface area contributed by atoms with Gasteiger partial charge in [0.05, 0.1) is 16.8 Å². The molecule has 0 amide bonds. The number of nitrogens with two attached hydrogens (primary N) is 1. The second-order valence-electron chi connectivity index (χ2n) is 7.62. The number of halogens is 3. The molecule has 12 heteroatoms. The van der Waals surface area contributed by atoms with Crippen LogP contribution in [0, 0.1) is 6.92 Å². The van der Waals surface area contributed by atoms with Crippen LogP contribution in [0.25, 0.3) is 22.5 Å². The fourth-order valence-electron chi connectivity index (χ4n) is 3.36. The third-order valence-electron chi connectivity index (χ3n) is 5.02. The second kappa shape index (κ2) is 7.75. The number of aryl methyl sites for hydroxylation is 1. The standard InChI is InChI=1S/C19H20F3N5O3S/c1-10-7-15(17-26-27-18(30-17)24-5-2-6-31(23,28)29)25-16-13(10)8-12(11-3-4-11)9-14(16)19(20,21)22/h7-9,11H,2-6H2,1H3,(H,24,27)(H2,23,28,29). The summed E-state index contributed by atoms with van der Waals surface area (Å²) in [5.74, 6) is -0.0862. The number of nitrogens with zero attached hydrogens (tertiary/aromatic N) is 3. The molecule has 4 rings (SSSR count). The number of pyridine rings is 1. The summed E-state index contributed by atoms with van der Waals surface area (Å²) in [5.41, 5.74) is 0.486. The minimum atomic E-state index is -4.55. The normalized spacial score (nSPS) is 14.9. The van der Waals surface area contributed by atoms with Gasteiger partial charge in [0.15, 0.2) is 0 Å². The van der Waals surface area contributed by atoms with Gasteiger partial charge in [-0.15, -0.1) is 5.10 Å². The molecular formula is C19H20F3N5O3S. The minimum Gasteiger partial charge on any atom is -0.402 e. The fraction of sp³-hybridized carbons (Fsp3) is 0.421. The van der Waals surface area contributed by atoms with E-state index in [-0.39, 0.29) is 47.8 Å². The highest BCUT2D eigenvalue weighted by Gasteiger charge is 2.36. The predicted octanol–water partition coefficient (Wildman–Crippen LogP) is 3.58. The zero-order valence-corrected chi connectivity index (χ0v) is 17.3. The molecule has 0 saturated heterocycles. The number of anilines is 1. The number of sulfonamides is 1. The van der Waals surface area contributed by atoms with E-state index in [1.54, 1.807) is 19.1 Å². The van der Waals surface area contributed by atoms with Crippen LogP contribution in [0.1, 0.15) is 41.9 Å². The molecule has 3 aromatic rings. The van der Waals surface area contributed by atoms with Gasteiger partial charge in [0.2, 0.25) is 10.0 Å². The Labute approximate surface area is 176 Å². The number of benzene rings is 1. The Morgan fingerprint density at radius 3 is 2.61 bits per heavy atom. The van der Waals surface area contributed by atoms with E-state index in [0.29, 0.717) is 16.5 Å². The summed E-state index contributed by atoms with van der Waals surface area (Å²) in [6, 6.07) is 4.57. The van der Waals surface area contributed by atoms with Crippen molar-refractivity contribution < 1.29 is 26.0 Å². The topological polar surface area (TPSA) is 124 Å². The number of rotatable bonds is 7.